The average molecular weight is 395 g/mol. The Hall–Kier alpha value is -2.34. The number of ether oxygens (including phenoxy) is 1. The van der Waals surface area contributed by atoms with Crippen molar-refractivity contribution < 1.29 is 9.53 Å². The van der Waals surface area contributed by atoms with Gasteiger partial charge < -0.3 is 9.64 Å². The van der Waals surface area contributed by atoms with Crippen molar-refractivity contribution in [1.29, 1.82) is 0 Å². The lowest BCUT2D eigenvalue weighted by Crippen LogP contribution is -2.64. The smallest absolute Gasteiger partial charge is 0.271 e. The van der Waals surface area contributed by atoms with E-state index in [0.29, 0.717) is 29.6 Å². The number of amides is 1. The van der Waals surface area contributed by atoms with E-state index in [4.69, 9.17) is 4.74 Å². The molecule has 1 N–H and O–H groups in total. The van der Waals surface area contributed by atoms with E-state index in [1.165, 1.54) is 37.8 Å². The molecule has 29 heavy (non-hydrogen) atoms. The number of aromatic nitrogens is 2. The van der Waals surface area contributed by atoms with Crippen LogP contribution in [-0.2, 0) is 6.42 Å². The van der Waals surface area contributed by atoms with E-state index in [2.05, 4.69) is 38.2 Å². The molecule has 0 saturated carbocycles. The van der Waals surface area contributed by atoms with Gasteiger partial charge in [-0.2, -0.15) is 5.10 Å². The van der Waals surface area contributed by atoms with Crippen LogP contribution >= 0.6 is 0 Å². The van der Waals surface area contributed by atoms with Crippen LogP contribution in [0, 0.1) is 11.8 Å². The molecule has 3 saturated heterocycles. The number of rotatable bonds is 4. The second kappa shape index (κ2) is 7.82. The molecular weight excluding hydrogens is 364 g/mol. The van der Waals surface area contributed by atoms with Crippen molar-refractivity contribution in [2.24, 2.45) is 11.8 Å². The average Bonchev–Trinajstić information content (AvgIpc) is 3.31. The molecule has 3 aliphatic rings. The predicted octanol–water partition coefficient (Wildman–Crippen LogP) is 2.98. The first-order valence-corrected chi connectivity index (χ1v) is 10.9. The molecule has 0 spiro atoms. The number of piperidine rings is 3. The summed E-state index contributed by atoms with van der Waals surface area (Å²) in [5.41, 5.74) is 1.93. The van der Waals surface area contributed by atoms with E-state index < -0.39 is 0 Å². The van der Waals surface area contributed by atoms with E-state index in [-0.39, 0.29) is 5.91 Å². The Kier molecular flexibility index (Phi) is 5.04. The first-order chi connectivity index (χ1) is 14.2. The van der Waals surface area contributed by atoms with Gasteiger partial charge >= 0.3 is 0 Å². The Morgan fingerprint density at radius 3 is 2.97 bits per heavy atom. The van der Waals surface area contributed by atoms with Crippen molar-refractivity contribution >= 4 is 5.91 Å². The molecule has 4 atom stereocenters. The molecule has 0 radical (unpaired) electrons. The molecule has 2 bridgehead atoms. The van der Waals surface area contributed by atoms with Crippen molar-refractivity contribution in [2.75, 3.05) is 26.7 Å². The number of carbonyl (C=O) groups excluding carboxylic acids is 1. The van der Waals surface area contributed by atoms with Gasteiger partial charge in [0.05, 0.1) is 7.11 Å². The third-order valence-corrected chi connectivity index (χ3v) is 7.22. The normalized spacial score (nSPS) is 29.3. The van der Waals surface area contributed by atoms with Gasteiger partial charge in [0.1, 0.15) is 11.4 Å². The van der Waals surface area contributed by atoms with Crippen LogP contribution in [0.15, 0.2) is 36.5 Å². The molecule has 3 fully saturated rings. The molecule has 1 aromatic heterocycles. The molecule has 2 aromatic rings. The fourth-order valence-electron chi connectivity index (χ4n) is 5.94. The third kappa shape index (κ3) is 3.54. The van der Waals surface area contributed by atoms with E-state index in [1.54, 1.807) is 19.4 Å². The van der Waals surface area contributed by atoms with Crippen LogP contribution in [0.2, 0.25) is 0 Å². The molecule has 5 rings (SSSR count). The van der Waals surface area contributed by atoms with Crippen LogP contribution < -0.4 is 4.74 Å². The number of nitrogens with zero attached hydrogens (tertiary/aromatic N) is 3. The van der Waals surface area contributed by atoms with Gasteiger partial charge in [0.15, 0.2) is 0 Å². The third-order valence-electron chi connectivity index (χ3n) is 7.22. The minimum absolute atomic E-state index is 0.0987. The highest BCUT2D eigenvalue weighted by atomic mass is 16.5. The van der Waals surface area contributed by atoms with Crippen molar-refractivity contribution in [3.63, 3.8) is 0 Å². The largest absolute Gasteiger partial charge is 0.497 e. The molecule has 154 valence electrons. The van der Waals surface area contributed by atoms with Crippen LogP contribution in [0.4, 0.5) is 0 Å². The summed E-state index contributed by atoms with van der Waals surface area (Å²) in [5, 5.41) is 6.82. The standard InChI is InChI=1S/C23H30N4O2/c1-29-19-6-4-5-16(11-19)12-22-18-13-17(21-7-2-3-10-27(21)22)14-26(15-18)23(28)20-8-9-24-25-20/h4-6,8-9,11,17-18,21-22H,2-3,7,10,12-15H2,1H3,(H,24,25)/t17-,18+,21+,22+/m1/s1. The van der Waals surface area contributed by atoms with Gasteiger partial charge in [-0.25, -0.2) is 0 Å². The van der Waals surface area contributed by atoms with Gasteiger partial charge in [0.2, 0.25) is 0 Å². The minimum Gasteiger partial charge on any atom is -0.497 e. The van der Waals surface area contributed by atoms with Crippen LogP contribution in [0.1, 0.15) is 41.7 Å². The number of nitrogens with one attached hydrogen (secondary N) is 1. The number of hydrogen-bond donors (Lipinski definition) is 1. The van der Waals surface area contributed by atoms with Crippen molar-refractivity contribution in [1.82, 2.24) is 20.0 Å². The first kappa shape index (κ1) is 18.7. The highest BCUT2D eigenvalue weighted by molar-refractivity contribution is 5.92. The number of likely N-dealkylation sites (tertiary alicyclic amines) is 1. The van der Waals surface area contributed by atoms with Gasteiger partial charge in [-0.15, -0.1) is 0 Å². The number of aromatic amines is 1. The quantitative estimate of drug-likeness (QED) is 0.866. The van der Waals surface area contributed by atoms with Crippen LogP contribution in [-0.4, -0.2) is 64.7 Å². The first-order valence-electron chi connectivity index (χ1n) is 10.9. The number of hydrogen-bond acceptors (Lipinski definition) is 4. The summed E-state index contributed by atoms with van der Waals surface area (Å²) in [6.45, 7) is 2.91. The summed E-state index contributed by atoms with van der Waals surface area (Å²) < 4.78 is 5.45. The molecular formula is C23H30N4O2. The Balaban J connectivity index is 1.41. The van der Waals surface area contributed by atoms with Gasteiger partial charge in [-0.05, 0) is 67.8 Å². The van der Waals surface area contributed by atoms with E-state index >= 15 is 0 Å². The van der Waals surface area contributed by atoms with E-state index in [9.17, 15) is 4.79 Å². The zero-order chi connectivity index (χ0) is 19.8. The second-order valence-corrected chi connectivity index (χ2v) is 8.86. The summed E-state index contributed by atoms with van der Waals surface area (Å²) in [4.78, 5) is 17.9. The number of carbonyl (C=O) groups is 1. The second-order valence-electron chi connectivity index (χ2n) is 8.86. The van der Waals surface area contributed by atoms with Gasteiger partial charge in [0, 0.05) is 31.4 Å². The monoisotopic (exact) mass is 394 g/mol. The van der Waals surface area contributed by atoms with E-state index in [0.717, 1.165) is 25.3 Å². The van der Waals surface area contributed by atoms with Gasteiger partial charge in [-0.1, -0.05) is 18.6 Å². The molecule has 1 aromatic carbocycles. The van der Waals surface area contributed by atoms with Crippen molar-refractivity contribution in [3.05, 3.63) is 47.8 Å². The lowest BCUT2D eigenvalue weighted by Gasteiger charge is -2.57. The van der Waals surface area contributed by atoms with Crippen LogP contribution in [0.5, 0.6) is 5.75 Å². The lowest BCUT2D eigenvalue weighted by atomic mass is 9.71. The maximum Gasteiger partial charge on any atom is 0.271 e. The fourth-order valence-corrected chi connectivity index (χ4v) is 5.94. The Morgan fingerprint density at radius 2 is 2.14 bits per heavy atom. The van der Waals surface area contributed by atoms with Crippen LogP contribution in [0.3, 0.4) is 0 Å². The summed E-state index contributed by atoms with van der Waals surface area (Å²) in [7, 11) is 1.73. The highest BCUT2D eigenvalue weighted by Gasteiger charge is 2.47. The van der Waals surface area contributed by atoms with Gasteiger partial charge in [-0.3, -0.25) is 14.8 Å². The maximum absolute atomic E-state index is 13.0. The molecule has 4 heterocycles. The Bertz CT molecular complexity index is 852. The number of benzene rings is 1. The summed E-state index contributed by atoms with van der Waals surface area (Å²) >= 11 is 0. The molecule has 0 aliphatic carbocycles. The van der Waals surface area contributed by atoms with Gasteiger partial charge in [0.25, 0.3) is 5.91 Å². The molecule has 0 unspecified atom stereocenters. The molecule has 6 heteroatoms. The van der Waals surface area contributed by atoms with E-state index in [1.807, 2.05) is 6.07 Å². The summed E-state index contributed by atoms with van der Waals surface area (Å²) in [6, 6.07) is 11.4. The maximum atomic E-state index is 13.0. The molecule has 1 amide bonds. The SMILES string of the molecule is COc1cccc(C[C@H]2[C@H]3C[C@H](CN(C(=O)c4ccn[nH]4)C3)[C@@H]3CCCCN32)c1. The number of H-pyrrole nitrogens is 1. The topological polar surface area (TPSA) is 61.5 Å². The zero-order valence-electron chi connectivity index (χ0n) is 17.1. The Morgan fingerprint density at radius 1 is 1.24 bits per heavy atom. The lowest BCUT2D eigenvalue weighted by molar-refractivity contribution is -0.0643. The molecule has 6 nitrogen and oxygen atoms in total. The number of methoxy groups -OCH3 is 1. The van der Waals surface area contributed by atoms with Crippen molar-refractivity contribution in [2.45, 2.75) is 44.2 Å². The highest BCUT2D eigenvalue weighted by Crippen LogP contribution is 2.42. The summed E-state index contributed by atoms with van der Waals surface area (Å²) in [5.74, 6) is 2.12. The summed E-state index contributed by atoms with van der Waals surface area (Å²) in [6.07, 6.45) is 7.79. The minimum atomic E-state index is 0.0987. The molecule has 3 aliphatic heterocycles. The number of fused-ring (bicyclic) bond motifs is 4. The van der Waals surface area contributed by atoms with Crippen molar-refractivity contribution in [3.8, 4) is 5.75 Å². The zero-order valence-corrected chi connectivity index (χ0v) is 17.1. The predicted molar refractivity (Wildman–Crippen MR) is 111 cm³/mol. The fraction of sp³-hybridized carbons (Fsp3) is 0.565. The van der Waals surface area contributed by atoms with Crippen LogP contribution in [0.25, 0.3) is 0 Å². The Labute approximate surface area is 172 Å².